The molecule has 1 aromatic heterocycles. The van der Waals surface area contributed by atoms with Gasteiger partial charge in [-0.05, 0) is 43.0 Å². The molecule has 2 aromatic carbocycles. The normalized spacial score (nSPS) is 11.8. The number of aryl methyl sites for hydroxylation is 1. The van der Waals surface area contributed by atoms with Gasteiger partial charge in [-0.2, -0.15) is 0 Å². The van der Waals surface area contributed by atoms with Crippen molar-refractivity contribution in [3.63, 3.8) is 0 Å². The first-order valence-corrected chi connectivity index (χ1v) is 9.49. The van der Waals surface area contributed by atoms with Crippen LogP contribution in [0.5, 0.6) is 0 Å². The molecule has 6 heteroatoms. The van der Waals surface area contributed by atoms with Crippen molar-refractivity contribution in [2.24, 2.45) is 0 Å². The van der Waals surface area contributed by atoms with Crippen LogP contribution in [0.1, 0.15) is 47.9 Å². The van der Waals surface area contributed by atoms with Crippen LogP contribution in [0.15, 0.2) is 57.7 Å². The molecule has 0 aliphatic rings. The lowest BCUT2D eigenvalue weighted by atomic mass is 9.97. The third kappa shape index (κ3) is 4.71. The van der Waals surface area contributed by atoms with E-state index in [0.717, 1.165) is 23.6 Å². The Morgan fingerprint density at radius 1 is 1.14 bits per heavy atom. The minimum atomic E-state index is -0.866. The zero-order valence-electron chi connectivity index (χ0n) is 16.7. The third-order valence-corrected chi connectivity index (χ3v) is 4.80. The molecule has 0 aliphatic carbocycles. The summed E-state index contributed by atoms with van der Waals surface area (Å²) in [7, 11) is 0. The van der Waals surface area contributed by atoms with Crippen LogP contribution in [0.25, 0.3) is 11.0 Å². The largest absolute Gasteiger partial charge is 0.450 e. The molecular weight excluding hydrogens is 370 g/mol. The second-order valence-electron chi connectivity index (χ2n) is 7.00. The molecule has 1 heterocycles. The van der Waals surface area contributed by atoms with E-state index in [4.69, 9.17) is 9.15 Å². The quantitative estimate of drug-likeness (QED) is 0.627. The number of amides is 1. The number of para-hydroxylation sites is 1. The number of hydrogen-bond donors (Lipinski definition) is 1. The van der Waals surface area contributed by atoms with Crippen molar-refractivity contribution in [2.75, 3.05) is 11.9 Å². The van der Waals surface area contributed by atoms with Crippen molar-refractivity contribution >= 4 is 28.5 Å². The SMILES string of the molecule is CC[C@H](C)c1ccccc1NC(=O)COC(=O)c1cc(=O)c2cc(C)ccc2o1. The molecular formula is C23H23NO5. The summed E-state index contributed by atoms with van der Waals surface area (Å²) < 4.78 is 10.5. The fraction of sp³-hybridized carbons (Fsp3) is 0.261. The van der Waals surface area contributed by atoms with Gasteiger partial charge >= 0.3 is 5.97 Å². The lowest BCUT2D eigenvalue weighted by molar-refractivity contribution is -0.119. The topological polar surface area (TPSA) is 85.6 Å². The molecule has 0 aliphatic heterocycles. The Morgan fingerprint density at radius 3 is 2.66 bits per heavy atom. The number of hydrogen-bond acceptors (Lipinski definition) is 5. The number of ether oxygens (including phenoxy) is 1. The predicted octanol–water partition coefficient (Wildman–Crippen LogP) is 4.41. The molecule has 0 saturated heterocycles. The minimum absolute atomic E-state index is 0.237. The first-order chi connectivity index (χ1) is 13.9. The number of esters is 1. The van der Waals surface area contributed by atoms with Crippen LogP contribution in [0, 0.1) is 6.92 Å². The molecule has 0 unspecified atom stereocenters. The molecule has 0 fully saturated rings. The molecule has 29 heavy (non-hydrogen) atoms. The lowest BCUT2D eigenvalue weighted by Gasteiger charge is -2.15. The van der Waals surface area contributed by atoms with E-state index in [0.29, 0.717) is 16.7 Å². The lowest BCUT2D eigenvalue weighted by Crippen LogP contribution is -2.22. The molecule has 0 bridgehead atoms. The van der Waals surface area contributed by atoms with Gasteiger partial charge in [0.15, 0.2) is 12.0 Å². The number of carbonyl (C=O) groups is 2. The van der Waals surface area contributed by atoms with Crippen molar-refractivity contribution in [1.82, 2.24) is 0 Å². The van der Waals surface area contributed by atoms with Gasteiger partial charge in [0.1, 0.15) is 5.58 Å². The van der Waals surface area contributed by atoms with Gasteiger partial charge in [0.05, 0.1) is 5.39 Å². The fourth-order valence-corrected chi connectivity index (χ4v) is 3.02. The minimum Gasteiger partial charge on any atom is -0.450 e. The highest BCUT2D eigenvalue weighted by Crippen LogP contribution is 2.26. The van der Waals surface area contributed by atoms with E-state index in [-0.39, 0.29) is 17.1 Å². The molecule has 1 N–H and O–H groups in total. The Labute approximate surface area is 168 Å². The van der Waals surface area contributed by atoms with E-state index in [1.807, 2.05) is 31.2 Å². The highest BCUT2D eigenvalue weighted by atomic mass is 16.5. The van der Waals surface area contributed by atoms with Crippen molar-refractivity contribution in [1.29, 1.82) is 0 Å². The van der Waals surface area contributed by atoms with E-state index in [2.05, 4.69) is 19.2 Å². The van der Waals surface area contributed by atoms with E-state index in [1.165, 1.54) is 0 Å². The van der Waals surface area contributed by atoms with Gasteiger partial charge < -0.3 is 14.5 Å². The summed E-state index contributed by atoms with van der Waals surface area (Å²) >= 11 is 0. The third-order valence-electron chi connectivity index (χ3n) is 4.80. The second kappa shape index (κ2) is 8.73. The Morgan fingerprint density at radius 2 is 1.90 bits per heavy atom. The zero-order chi connectivity index (χ0) is 21.0. The molecule has 1 atom stereocenters. The Bertz CT molecular complexity index is 1120. The summed E-state index contributed by atoms with van der Waals surface area (Å²) in [6, 6.07) is 13.7. The maximum atomic E-state index is 12.3. The van der Waals surface area contributed by atoms with Gasteiger partial charge in [-0.3, -0.25) is 9.59 Å². The number of fused-ring (bicyclic) bond motifs is 1. The van der Waals surface area contributed by atoms with Crippen LogP contribution in [0.3, 0.4) is 0 Å². The van der Waals surface area contributed by atoms with Crippen molar-refractivity contribution in [3.8, 4) is 0 Å². The number of rotatable bonds is 6. The average Bonchev–Trinajstić information content (AvgIpc) is 2.72. The first kappa shape index (κ1) is 20.3. The monoisotopic (exact) mass is 393 g/mol. The summed E-state index contributed by atoms with van der Waals surface area (Å²) in [5.74, 6) is -1.29. The standard InChI is InChI=1S/C23H23NO5/c1-4-15(3)16-7-5-6-8-18(16)24-22(26)13-28-23(27)21-12-19(25)17-11-14(2)9-10-20(17)29-21/h5-12,15H,4,13H2,1-3H3,(H,24,26)/t15-/m0/s1. The summed E-state index contributed by atoms with van der Waals surface area (Å²) in [4.78, 5) is 36.7. The molecule has 3 rings (SSSR count). The van der Waals surface area contributed by atoms with E-state index in [1.54, 1.807) is 18.2 Å². The summed E-state index contributed by atoms with van der Waals surface area (Å²) in [6.45, 7) is 5.53. The number of nitrogens with one attached hydrogen (secondary N) is 1. The van der Waals surface area contributed by atoms with Crippen molar-refractivity contribution < 1.29 is 18.7 Å². The number of anilines is 1. The van der Waals surface area contributed by atoms with Crippen LogP contribution >= 0.6 is 0 Å². The fourth-order valence-electron chi connectivity index (χ4n) is 3.02. The summed E-state index contributed by atoms with van der Waals surface area (Å²) in [5, 5.41) is 3.16. The van der Waals surface area contributed by atoms with Crippen LogP contribution in [0.2, 0.25) is 0 Å². The number of carbonyl (C=O) groups excluding carboxylic acids is 2. The van der Waals surface area contributed by atoms with Gasteiger partial charge in [0.2, 0.25) is 5.76 Å². The summed E-state index contributed by atoms with van der Waals surface area (Å²) in [5.41, 5.74) is 2.58. The van der Waals surface area contributed by atoms with Crippen molar-refractivity contribution in [2.45, 2.75) is 33.1 Å². The van der Waals surface area contributed by atoms with Gasteiger partial charge in [-0.25, -0.2) is 4.79 Å². The second-order valence-corrected chi connectivity index (χ2v) is 7.00. The molecule has 0 saturated carbocycles. The smallest absolute Gasteiger partial charge is 0.374 e. The van der Waals surface area contributed by atoms with E-state index >= 15 is 0 Å². The van der Waals surface area contributed by atoms with Gasteiger partial charge in [0.25, 0.3) is 5.91 Å². The predicted molar refractivity (Wildman–Crippen MR) is 111 cm³/mol. The Hall–Kier alpha value is -3.41. The van der Waals surface area contributed by atoms with Gasteiger partial charge in [-0.1, -0.05) is 43.7 Å². The van der Waals surface area contributed by atoms with Crippen LogP contribution < -0.4 is 10.7 Å². The molecule has 3 aromatic rings. The molecule has 150 valence electrons. The molecule has 0 spiro atoms. The van der Waals surface area contributed by atoms with E-state index in [9.17, 15) is 14.4 Å². The number of benzene rings is 2. The maximum absolute atomic E-state index is 12.3. The highest BCUT2D eigenvalue weighted by molar-refractivity contribution is 5.95. The van der Waals surface area contributed by atoms with Gasteiger partial charge in [-0.15, -0.1) is 0 Å². The maximum Gasteiger partial charge on any atom is 0.374 e. The zero-order valence-corrected chi connectivity index (χ0v) is 16.7. The average molecular weight is 393 g/mol. The van der Waals surface area contributed by atoms with E-state index < -0.39 is 18.5 Å². The first-order valence-electron chi connectivity index (χ1n) is 9.49. The van der Waals surface area contributed by atoms with Crippen molar-refractivity contribution in [3.05, 3.63) is 75.6 Å². The summed E-state index contributed by atoms with van der Waals surface area (Å²) in [6.07, 6.45) is 0.933. The van der Waals surface area contributed by atoms with Gasteiger partial charge in [0, 0.05) is 11.8 Å². The van der Waals surface area contributed by atoms with Crippen LogP contribution in [-0.2, 0) is 9.53 Å². The van der Waals surface area contributed by atoms with Crippen LogP contribution in [0.4, 0.5) is 5.69 Å². The molecule has 6 nitrogen and oxygen atoms in total. The molecule has 0 radical (unpaired) electrons. The highest BCUT2D eigenvalue weighted by Gasteiger charge is 2.17. The Kier molecular flexibility index (Phi) is 6.12. The Balaban J connectivity index is 1.68. The van der Waals surface area contributed by atoms with Crippen LogP contribution in [-0.4, -0.2) is 18.5 Å². The molecule has 1 amide bonds.